The van der Waals surface area contributed by atoms with E-state index in [1.807, 2.05) is 54.9 Å². The quantitative estimate of drug-likeness (QED) is 0.565. The van der Waals surface area contributed by atoms with Gasteiger partial charge < -0.3 is 4.74 Å². The SMILES string of the molecule is CCOc1ccc(C)cc1S(=O)(=O)N(Cc1ccsc1)Cc1ccccn1. The highest BCUT2D eigenvalue weighted by Crippen LogP contribution is 2.30. The summed E-state index contributed by atoms with van der Waals surface area (Å²) in [5.41, 5.74) is 2.51. The van der Waals surface area contributed by atoms with Crippen molar-refractivity contribution in [3.05, 3.63) is 76.2 Å². The molecule has 1 aromatic carbocycles. The maximum atomic E-state index is 13.5. The van der Waals surface area contributed by atoms with E-state index in [2.05, 4.69) is 4.98 Å². The summed E-state index contributed by atoms with van der Waals surface area (Å²) in [5.74, 6) is 0.374. The lowest BCUT2D eigenvalue weighted by atomic mass is 10.2. The summed E-state index contributed by atoms with van der Waals surface area (Å²) >= 11 is 1.55. The average Bonchev–Trinajstić information content (AvgIpc) is 3.17. The van der Waals surface area contributed by atoms with Crippen LogP contribution < -0.4 is 4.74 Å². The van der Waals surface area contributed by atoms with E-state index in [1.54, 1.807) is 29.7 Å². The van der Waals surface area contributed by atoms with Crippen molar-refractivity contribution in [2.24, 2.45) is 0 Å². The third-order valence-corrected chi connectivity index (χ3v) is 6.57. The smallest absolute Gasteiger partial charge is 0.247 e. The summed E-state index contributed by atoms with van der Waals surface area (Å²) in [6.45, 7) is 4.58. The summed E-state index contributed by atoms with van der Waals surface area (Å²) in [6, 6.07) is 12.7. The van der Waals surface area contributed by atoms with Gasteiger partial charge in [-0.05, 0) is 66.1 Å². The number of nitrogens with zero attached hydrogens (tertiary/aromatic N) is 2. The molecule has 3 aromatic rings. The maximum Gasteiger partial charge on any atom is 0.247 e. The standard InChI is InChI=1S/C20H22N2O3S2/c1-3-25-19-8-7-16(2)12-20(19)27(23,24)22(13-17-9-11-26-15-17)14-18-6-4-5-10-21-18/h4-12,15H,3,13-14H2,1-2H3. The van der Waals surface area contributed by atoms with Gasteiger partial charge in [0.1, 0.15) is 10.6 Å². The van der Waals surface area contributed by atoms with Crippen molar-refractivity contribution < 1.29 is 13.2 Å². The fourth-order valence-corrected chi connectivity index (χ4v) is 4.99. The molecule has 27 heavy (non-hydrogen) atoms. The van der Waals surface area contributed by atoms with Crippen molar-refractivity contribution in [1.29, 1.82) is 0 Å². The van der Waals surface area contributed by atoms with E-state index in [-0.39, 0.29) is 18.0 Å². The van der Waals surface area contributed by atoms with Crippen LogP contribution in [0.2, 0.25) is 0 Å². The van der Waals surface area contributed by atoms with Crippen LogP contribution >= 0.6 is 11.3 Å². The van der Waals surface area contributed by atoms with Gasteiger partial charge in [0.15, 0.2) is 0 Å². The molecule has 0 bridgehead atoms. The van der Waals surface area contributed by atoms with E-state index in [0.717, 1.165) is 11.1 Å². The molecule has 2 aromatic heterocycles. The zero-order valence-electron chi connectivity index (χ0n) is 15.3. The van der Waals surface area contributed by atoms with E-state index in [0.29, 0.717) is 18.1 Å². The number of ether oxygens (including phenoxy) is 1. The lowest BCUT2D eigenvalue weighted by molar-refractivity contribution is 0.327. The van der Waals surface area contributed by atoms with Crippen LogP contribution in [0.15, 0.2) is 64.3 Å². The van der Waals surface area contributed by atoms with Crippen LogP contribution in [0, 0.1) is 6.92 Å². The van der Waals surface area contributed by atoms with Gasteiger partial charge in [-0.25, -0.2) is 8.42 Å². The Balaban J connectivity index is 2.03. The molecule has 0 aliphatic rings. The molecule has 0 spiro atoms. The Morgan fingerprint density at radius 3 is 2.67 bits per heavy atom. The van der Waals surface area contributed by atoms with Crippen molar-refractivity contribution in [3.63, 3.8) is 0 Å². The Morgan fingerprint density at radius 1 is 1.15 bits per heavy atom. The number of thiophene rings is 1. The molecule has 0 fully saturated rings. The molecular formula is C20H22N2O3S2. The van der Waals surface area contributed by atoms with Gasteiger partial charge in [0, 0.05) is 12.7 Å². The predicted molar refractivity (Wildman–Crippen MR) is 107 cm³/mol. The Morgan fingerprint density at radius 2 is 2.00 bits per heavy atom. The summed E-state index contributed by atoms with van der Waals surface area (Å²) < 4.78 is 34.1. The maximum absolute atomic E-state index is 13.5. The third-order valence-electron chi connectivity index (χ3n) is 4.02. The number of hydrogen-bond donors (Lipinski definition) is 0. The fraction of sp³-hybridized carbons (Fsp3) is 0.250. The first-order valence-electron chi connectivity index (χ1n) is 8.65. The molecule has 0 N–H and O–H groups in total. The minimum absolute atomic E-state index is 0.190. The first-order valence-corrected chi connectivity index (χ1v) is 11.0. The normalized spacial score (nSPS) is 11.7. The number of rotatable bonds is 8. The number of hydrogen-bond acceptors (Lipinski definition) is 5. The monoisotopic (exact) mass is 402 g/mol. The molecule has 2 heterocycles. The van der Waals surface area contributed by atoms with Crippen LogP contribution in [0.4, 0.5) is 0 Å². The Labute approximate surface area is 164 Å². The van der Waals surface area contributed by atoms with Crippen molar-refractivity contribution in [3.8, 4) is 5.75 Å². The summed E-state index contributed by atoms with van der Waals surface area (Å²) in [7, 11) is -3.78. The van der Waals surface area contributed by atoms with Crippen molar-refractivity contribution >= 4 is 21.4 Å². The van der Waals surface area contributed by atoms with Gasteiger partial charge in [-0.1, -0.05) is 12.1 Å². The predicted octanol–water partition coefficient (Wildman–Crippen LogP) is 4.24. The van der Waals surface area contributed by atoms with Crippen LogP contribution in [0.1, 0.15) is 23.7 Å². The highest BCUT2D eigenvalue weighted by Gasteiger charge is 2.29. The second-order valence-corrected chi connectivity index (χ2v) is 8.80. The first-order chi connectivity index (χ1) is 13.0. The highest BCUT2D eigenvalue weighted by atomic mass is 32.2. The van der Waals surface area contributed by atoms with Gasteiger partial charge >= 0.3 is 0 Å². The second-order valence-electron chi connectivity index (χ2n) is 6.11. The van der Waals surface area contributed by atoms with E-state index >= 15 is 0 Å². The summed E-state index contributed by atoms with van der Waals surface area (Å²) in [6.07, 6.45) is 1.67. The number of aryl methyl sites for hydroxylation is 1. The van der Waals surface area contributed by atoms with Gasteiger partial charge in [0.25, 0.3) is 0 Å². The van der Waals surface area contributed by atoms with Crippen molar-refractivity contribution in [1.82, 2.24) is 9.29 Å². The van der Waals surface area contributed by atoms with Crippen LogP contribution in [0.5, 0.6) is 5.75 Å². The topological polar surface area (TPSA) is 59.5 Å². The van der Waals surface area contributed by atoms with Crippen LogP contribution in [0.25, 0.3) is 0 Å². The largest absolute Gasteiger partial charge is 0.492 e. The number of sulfonamides is 1. The lowest BCUT2D eigenvalue weighted by Crippen LogP contribution is -2.31. The zero-order chi connectivity index (χ0) is 19.3. The fourth-order valence-electron chi connectivity index (χ4n) is 2.72. The molecule has 0 aliphatic carbocycles. The second kappa shape index (κ2) is 8.65. The number of benzene rings is 1. The summed E-state index contributed by atoms with van der Waals surface area (Å²) in [5, 5.41) is 3.90. The van der Waals surface area contributed by atoms with Crippen molar-refractivity contribution in [2.45, 2.75) is 31.8 Å². The number of pyridine rings is 1. The van der Waals surface area contributed by atoms with E-state index in [1.165, 1.54) is 4.31 Å². The van der Waals surface area contributed by atoms with E-state index in [4.69, 9.17) is 4.74 Å². The highest BCUT2D eigenvalue weighted by molar-refractivity contribution is 7.89. The molecule has 0 unspecified atom stereocenters. The Kier molecular flexibility index (Phi) is 6.26. The van der Waals surface area contributed by atoms with E-state index < -0.39 is 10.0 Å². The molecule has 0 amide bonds. The minimum atomic E-state index is -3.78. The Hall–Kier alpha value is -2.22. The first kappa shape index (κ1) is 19.5. The van der Waals surface area contributed by atoms with E-state index in [9.17, 15) is 8.42 Å². The lowest BCUT2D eigenvalue weighted by Gasteiger charge is -2.23. The molecule has 3 rings (SSSR count). The molecule has 0 radical (unpaired) electrons. The molecule has 7 heteroatoms. The van der Waals surface area contributed by atoms with Gasteiger partial charge in [0.05, 0.1) is 18.8 Å². The molecule has 0 saturated heterocycles. The van der Waals surface area contributed by atoms with Gasteiger partial charge in [-0.2, -0.15) is 15.6 Å². The van der Waals surface area contributed by atoms with Crippen LogP contribution in [-0.4, -0.2) is 24.3 Å². The molecule has 0 atom stereocenters. The molecule has 0 saturated carbocycles. The number of aromatic nitrogens is 1. The van der Waals surface area contributed by atoms with Gasteiger partial charge in [0.2, 0.25) is 10.0 Å². The summed E-state index contributed by atoms with van der Waals surface area (Å²) in [4.78, 5) is 4.49. The molecule has 5 nitrogen and oxygen atoms in total. The minimum Gasteiger partial charge on any atom is -0.492 e. The molecule has 0 aliphatic heterocycles. The van der Waals surface area contributed by atoms with Crippen molar-refractivity contribution in [2.75, 3.05) is 6.61 Å². The zero-order valence-corrected chi connectivity index (χ0v) is 17.0. The molecule has 142 valence electrons. The molecular weight excluding hydrogens is 380 g/mol. The van der Waals surface area contributed by atoms with Gasteiger partial charge in [-0.3, -0.25) is 4.98 Å². The van der Waals surface area contributed by atoms with Crippen LogP contribution in [-0.2, 0) is 23.1 Å². The Bertz CT molecular complexity index is 972. The van der Waals surface area contributed by atoms with Crippen LogP contribution in [0.3, 0.4) is 0 Å². The van der Waals surface area contributed by atoms with Gasteiger partial charge in [-0.15, -0.1) is 0 Å². The average molecular weight is 403 g/mol. The third kappa shape index (κ3) is 4.74.